The Morgan fingerprint density at radius 1 is 1.12 bits per heavy atom. The van der Waals surface area contributed by atoms with Crippen molar-refractivity contribution in [3.8, 4) is 0 Å². The number of rotatable bonds is 2. The van der Waals surface area contributed by atoms with E-state index in [-0.39, 0.29) is 5.78 Å². The third-order valence-electron chi connectivity index (χ3n) is 2.23. The number of nitrogen functional groups attached to an aromatic ring is 1. The van der Waals surface area contributed by atoms with E-state index in [1.807, 2.05) is 26.2 Å². The van der Waals surface area contributed by atoms with Crippen LogP contribution in [0.3, 0.4) is 0 Å². The summed E-state index contributed by atoms with van der Waals surface area (Å²) in [5, 5.41) is 0. The molecule has 0 unspecified atom stereocenters. The first-order chi connectivity index (χ1) is 7.38. The number of hydrogen-bond acceptors (Lipinski definition) is 3. The molecular weight excluding hydrogens is 204 g/mol. The van der Waals surface area contributed by atoms with E-state index in [9.17, 15) is 9.59 Å². The third-order valence-corrected chi connectivity index (χ3v) is 2.23. The lowest BCUT2D eigenvalue weighted by Crippen LogP contribution is -2.32. The maximum Gasteiger partial charge on any atom is 0.265 e. The minimum absolute atomic E-state index is 0.0771. The molecule has 1 rings (SSSR count). The van der Waals surface area contributed by atoms with E-state index in [0.29, 0.717) is 11.1 Å². The topological polar surface area (TPSA) is 72.2 Å². The second-order valence-electron chi connectivity index (χ2n) is 4.60. The predicted octanol–water partition coefficient (Wildman–Crippen LogP) is 1.52. The van der Waals surface area contributed by atoms with Gasteiger partial charge >= 0.3 is 0 Å². The van der Waals surface area contributed by atoms with Crippen LogP contribution in [0, 0.1) is 5.41 Å². The molecule has 0 radical (unpaired) electrons. The van der Waals surface area contributed by atoms with Crippen LogP contribution in [0.1, 0.15) is 41.5 Å². The second kappa shape index (κ2) is 4.45. The lowest BCUT2D eigenvalue weighted by Gasteiger charge is -2.18. The van der Waals surface area contributed by atoms with E-state index in [1.165, 1.54) is 0 Å². The molecule has 86 valence electrons. The van der Waals surface area contributed by atoms with Crippen LogP contribution in [0.5, 0.6) is 0 Å². The van der Waals surface area contributed by atoms with Gasteiger partial charge in [-0.3, -0.25) is 15.0 Å². The fourth-order valence-electron chi connectivity index (χ4n) is 1.36. The number of ketones is 1. The Labute approximate surface area is 94.8 Å². The van der Waals surface area contributed by atoms with Crippen LogP contribution >= 0.6 is 0 Å². The quantitative estimate of drug-likeness (QED) is 0.343. The van der Waals surface area contributed by atoms with Crippen molar-refractivity contribution in [3.05, 3.63) is 35.4 Å². The standard InChI is InChI=1S/C12H16N2O2/c1-12(2,3)10(15)8-6-4-5-7-9(8)11(16)14-13/h4-7H,13H2,1-3H3,(H,14,16). The van der Waals surface area contributed by atoms with E-state index < -0.39 is 11.3 Å². The number of carbonyl (C=O) groups excluding carboxylic acids is 2. The molecule has 0 bridgehead atoms. The summed E-state index contributed by atoms with van der Waals surface area (Å²) in [6.45, 7) is 5.44. The summed E-state index contributed by atoms with van der Waals surface area (Å²) in [6, 6.07) is 6.65. The van der Waals surface area contributed by atoms with Crippen LogP contribution in [0.2, 0.25) is 0 Å². The first-order valence-electron chi connectivity index (χ1n) is 5.02. The van der Waals surface area contributed by atoms with Crippen LogP contribution < -0.4 is 11.3 Å². The highest BCUT2D eigenvalue weighted by Gasteiger charge is 2.26. The van der Waals surface area contributed by atoms with E-state index in [2.05, 4.69) is 0 Å². The maximum atomic E-state index is 12.1. The van der Waals surface area contributed by atoms with Gasteiger partial charge < -0.3 is 0 Å². The molecule has 16 heavy (non-hydrogen) atoms. The van der Waals surface area contributed by atoms with Crippen molar-refractivity contribution in [2.75, 3.05) is 0 Å². The minimum Gasteiger partial charge on any atom is -0.294 e. The Morgan fingerprint density at radius 3 is 2.06 bits per heavy atom. The van der Waals surface area contributed by atoms with Crippen molar-refractivity contribution in [1.29, 1.82) is 0 Å². The first kappa shape index (κ1) is 12.4. The minimum atomic E-state index is -0.523. The van der Waals surface area contributed by atoms with Gasteiger partial charge in [0.15, 0.2) is 5.78 Å². The van der Waals surface area contributed by atoms with Crippen molar-refractivity contribution in [1.82, 2.24) is 5.43 Å². The first-order valence-corrected chi connectivity index (χ1v) is 5.02. The second-order valence-corrected chi connectivity index (χ2v) is 4.60. The predicted molar refractivity (Wildman–Crippen MR) is 61.9 cm³/mol. The third kappa shape index (κ3) is 2.46. The van der Waals surface area contributed by atoms with Crippen LogP contribution in [-0.4, -0.2) is 11.7 Å². The van der Waals surface area contributed by atoms with Crippen molar-refractivity contribution in [2.24, 2.45) is 11.3 Å². The smallest absolute Gasteiger partial charge is 0.265 e. The Balaban J connectivity index is 3.24. The number of benzene rings is 1. The molecule has 0 fully saturated rings. The summed E-state index contributed by atoms with van der Waals surface area (Å²) in [7, 11) is 0. The SMILES string of the molecule is CC(C)(C)C(=O)c1ccccc1C(=O)NN. The Bertz CT molecular complexity index is 419. The molecule has 0 aliphatic heterocycles. The molecule has 0 aromatic heterocycles. The maximum absolute atomic E-state index is 12.1. The Kier molecular flexibility index (Phi) is 3.44. The van der Waals surface area contributed by atoms with Gasteiger partial charge in [0.2, 0.25) is 0 Å². The van der Waals surface area contributed by atoms with Gasteiger partial charge in [0.25, 0.3) is 5.91 Å². The molecule has 0 heterocycles. The molecule has 1 aromatic rings. The molecule has 0 atom stereocenters. The summed E-state index contributed by atoms with van der Waals surface area (Å²) in [5.41, 5.74) is 2.22. The number of nitrogens with one attached hydrogen (secondary N) is 1. The van der Waals surface area contributed by atoms with Gasteiger partial charge in [-0.05, 0) is 6.07 Å². The van der Waals surface area contributed by atoms with Crippen LogP contribution in [0.25, 0.3) is 0 Å². The zero-order chi connectivity index (χ0) is 12.3. The largest absolute Gasteiger partial charge is 0.294 e. The molecular formula is C12H16N2O2. The van der Waals surface area contributed by atoms with Gasteiger partial charge in [0, 0.05) is 11.0 Å². The summed E-state index contributed by atoms with van der Waals surface area (Å²) in [6.07, 6.45) is 0. The Morgan fingerprint density at radius 2 is 1.62 bits per heavy atom. The number of hydrazine groups is 1. The zero-order valence-electron chi connectivity index (χ0n) is 9.70. The van der Waals surface area contributed by atoms with Crippen LogP contribution in [0.15, 0.2) is 24.3 Å². The fraction of sp³-hybridized carbons (Fsp3) is 0.333. The molecule has 3 N–H and O–H groups in total. The van der Waals surface area contributed by atoms with Crippen LogP contribution in [0.4, 0.5) is 0 Å². The van der Waals surface area contributed by atoms with Gasteiger partial charge in [0.05, 0.1) is 5.56 Å². The lowest BCUT2D eigenvalue weighted by molar-refractivity contribution is 0.0847. The molecule has 0 saturated heterocycles. The van der Waals surface area contributed by atoms with E-state index in [0.717, 1.165) is 0 Å². The highest BCUT2D eigenvalue weighted by molar-refractivity contribution is 6.09. The van der Waals surface area contributed by atoms with Gasteiger partial charge in [0.1, 0.15) is 0 Å². The highest BCUT2D eigenvalue weighted by Crippen LogP contribution is 2.22. The molecule has 1 amide bonds. The van der Waals surface area contributed by atoms with E-state index in [4.69, 9.17) is 5.84 Å². The number of amides is 1. The van der Waals surface area contributed by atoms with Crippen LogP contribution in [-0.2, 0) is 0 Å². The molecule has 0 saturated carbocycles. The van der Waals surface area contributed by atoms with Crippen molar-refractivity contribution in [3.63, 3.8) is 0 Å². The molecule has 4 heteroatoms. The summed E-state index contributed by atoms with van der Waals surface area (Å²) < 4.78 is 0. The van der Waals surface area contributed by atoms with Crippen molar-refractivity contribution in [2.45, 2.75) is 20.8 Å². The number of Topliss-reactive ketones (excluding diaryl/α,β-unsaturated/α-hetero) is 1. The normalized spacial score (nSPS) is 11.0. The van der Waals surface area contributed by atoms with Gasteiger partial charge in [-0.25, -0.2) is 5.84 Å². The van der Waals surface area contributed by atoms with E-state index in [1.54, 1.807) is 24.3 Å². The van der Waals surface area contributed by atoms with Gasteiger partial charge in [-0.2, -0.15) is 0 Å². The van der Waals surface area contributed by atoms with Crippen molar-refractivity contribution >= 4 is 11.7 Å². The lowest BCUT2D eigenvalue weighted by atomic mass is 9.84. The average Bonchev–Trinajstić information content (AvgIpc) is 2.25. The number of hydrogen-bond donors (Lipinski definition) is 2. The summed E-state index contributed by atoms with van der Waals surface area (Å²) in [5.74, 6) is 4.54. The van der Waals surface area contributed by atoms with Crippen molar-refractivity contribution < 1.29 is 9.59 Å². The monoisotopic (exact) mass is 220 g/mol. The summed E-state index contributed by atoms with van der Waals surface area (Å²) >= 11 is 0. The molecule has 0 aliphatic carbocycles. The van der Waals surface area contributed by atoms with Gasteiger partial charge in [-0.15, -0.1) is 0 Å². The molecule has 4 nitrogen and oxygen atoms in total. The number of nitrogens with two attached hydrogens (primary N) is 1. The fourth-order valence-corrected chi connectivity index (χ4v) is 1.36. The Hall–Kier alpha value is -1.68. The number of carbonyl (C=O) groups is 2. The molecule has 1 aromatic carbocycles. The average molecular weight is 220 g/mol. The van der Waals surface area contributed by atoms with Gasteiger partial charge in [-0.1, -0.05) is 39.0 Å². The van der Waals surface area contributed by atoms with E-state index >= 15 is 0 Å². The zero-order valence-corrected chi connectivity index (χ0v) is 9.70. The summed E-state index contributed by atoms with van der Waals surface area (Å²) in [4.78, 5) is 23.6. The molecule has 0 spiro atoms. The highest BCUT2D eigenvalue weighted by atomic mass is 16.2. The molecule has 0 aliphatic rings.